The molecular formula is C17H20FN3O2. The average molecular weight is 317 g/mol. The average Bonchev–Trinajstić information content (AvgIpc) is 3.17. The molecule has 0 aliphatic carbocycles. The zero-order chi connectivity index (χ0) is 16.6. The maximum absolute atomic E-state index is 14.3. The minimum Gasteiger partial charge on any atom is -0.388 e. The summed E-state index contributed by atoms with van der Waals surface area (Å²) in [5.74, 6) is -0.751. The lowest BCUT2D eigenvalue weighted by Gasteiger charge is -2.33. The Morgan fingerprint density at radius 3 is 2.83 bits per heavy atom. The van der Waals surface area contributed by atoms with Crippen LogP contribution in [0.4, 0.5) is 4.39 Å². The van der Waals surface area contributed by atoms with Crippen molar-refractivity contribution in [3.8, 4) is 5.69 Å². The number of aliphatic hydroxyl groups is 1. The predicted octanol–water partition coefficient (Wildman–Crippen LogP) is 2.39. The van der Waals surface area contributed by atoms with E-state index in [-0.39, 0.29) is 17.5 Å². The van der Waals surface area contributed by atoms with Crippen LogP contribution >= 0.6 is 0 Å². The van der Waals surface area contributed by atoms with Gasteiger partial charge in [-0.2, -0.15) is 5.10 Å². The molecule has 0 radical (unpaired) electrons. The quantitative estimate of drug-likeness (QED) is 0.945. The van der Waals surface area contributed by atoms with E-state index in [0.29, 0.717) is 12.2 Å². The van der Waals surface area contributed by atoms with E-state index in [2.05, 4.69) is 5.10 Å². The fourth-order valence-corrected chi connectivity index (χ4v) is 3.15. The maximum Gasteiger partial charge on any atom is 0.254 e. The van der Waals surface area contributed by atoms with Gasteiger partial charge in [-0.05, 0) is 51.0 Å². The Morgan fingerprint density at radius 1 is 1.43 bits per heavy atom. The summed E-state index contributed by atoms with van der Waals surface area (Å²) in [4.78, 5) is 14.3. The molecule has 1 fully saturated rings. The number of amides is 1. The third kappa shape index (κ3) is 2.99. The number of benzene rings is 1. The normalized spacial score (nSPS) is 18.4. The fourth-order valence-electron chi connectivity index (χ4n) is 3.15. The number of rotatable bonds is 3. The molecule has 2 heterocycles. The summed E-state index contributed by atoms with van der Waals surface area (Å²) in [6.45, 7) is 3.98. The molecule has 6 heteroatoms. The monoisotopic (exact) mass is 317 g/mol. The largest absolute Gasteiger partial charge is 0.388 e. The highest BCUT2D eigenvalue weighted by Gasteiger charge is 2.38. The molecule has 1 aromatic carbocycles. The Balaban J connectivity index is 1.87. The Hall–Kier alpha value is -2.21. The summed E-state index contributed by atoms with van der Waals surface area (Å²) in [6.07, 6.45) is 4.80. The second-order valence-electron chi connectivity index (χ2n) is 6.43. The summed E-state index contributed by atoms with van der Waals surface area (Å²) >= 11 is 0. The first-order chi connectivity index (χ1) is 10.9. The van der Waals surface area contributed by atoms with Gasteiger partial charge in [0.2, 0.25) is 0 Å². The van der Waals surface area contributed by atoms with E-state index in [0.717, 1.165) is 12.8 Å². The maximum atomic E-state index is 14.3. The van der Waals surface area contributed by atoms with Crippen molar-refractivity contribution in [3.63, 3.8) is 0 Å². The van der Waals surface area contributed by atoms with Crippen LogP contribution in [0.2, 0.25) is 0 Å². The summed E-state index contributed by atoms with van der Waals surface area (Å²) < 4.78 is 15.7. The van der Waals surface area contributed by atoms with Crippen molar-refractivity contribution in [3.05, 3.63) is 48.0 Å². The number of nitrogens with zero attached hydrogens (tertiary/aromatic N) is 3. The zero-order valence-corrected chi connectivity index (χ0v) is 13.2. The van der Waals surface area contributed by atoms with Gasteiger partial charge in [-0.25, -0.2) is 9.07 Å². The molecule has 2 aromatic rings. The van der Waals surface area contributed by atoms with Gasteiger partial charge >= 0.3 is 0 Å². The van der Waals surface area contributed by atoms with E-state index in [4.69, 9.17) is 0 Å². The van der Waals surface area contributed by atoms with Crippen molar-refractivity contribution in [2.75, 3.05) is 6.54 Å². The van der Waals surface area contributed by atoms with Gasteiger partial charge in [0, 0.05) is 24.5 Å². The van der Waals surface area contributed by atoms with Crippen LogP contribution in [-0.4, -0.2) is 43.9 Å². The Kier molecular flexibility index (Phi) is 3.93. The fraction of sp³-hybridized carbons (Fsp3) is 0.412. The van der Waals surface area contributed by atoms with Crippen molar-refractivity contribution in [1.29, 1.82) is 0 Å². The third-order valence-corrected chi connectivity index (χ3v) is 4.27. The molecule has 122 valence electrons. The minimum absolute atomic E-state index is 0.246. The molecule has 1 aliphatic rings. The Labute approximate surface area is 134 Å². The number of halogens is 1. The Morgan fingerprint density at radius 2 is 2.22 bits per heavy atom. The first kappa shape index (κ1) is 15.7. The van der Waals surface area contributed by atoms with Gasteiger partial charge in [0.05, 0.1) is 11.6 Å². The topological polar surface area (TPSA) is 58.4 Å². The van der Waals surface area contributed by atoms with Crippen LogP contribution in [0.5, 0.6) is 0 Å². The molecule has 23 heavy (non-hydrogen) atoms. The summed E-state index contributed by atoms with van der Waals surface area (Å²) in [5.41, 5.74) is -0.388. The summed E-state index contributed by atoms with van der Waals surface area (Å²) in [6, 6.07) is 5.84. The lowest BCUT2D eigenvalue weighted by molar-refractivity contribution is 0.000324. The van der Waals surface area contributed by atoms with Crippen molar-refractivity contribution < 1.29 is 14.3 Å². The van der Waals surface area contributed by atoms with Gasteiger partial charge in [0.1, 0.15) is 11.5 Å². The van der Waals surface area contributed by atoms with Crippen LogP contribution in [0.25, 0.3) is 5.69 Å². The van der Waals surface area contributed by atoms with Crippen LogP contribution < -0.4 is 0 Å². The van der Waals surface area contributed by atoms with E-state index < -0.39 is 11.4 Å². The van der Waals surface area contributed by atoms with Crippen molar-refractivity contribution in [2.24, 2.45) is 0 Å². The van der Waals surface area contributed by atoms with Gasteiger partial charge in [0.25, 0.3) is 5.91 Å². The number of likely N-dealkylation sites (tertiary alicyclic amines) is 1. The number of hydrogen-bond donors (Lipinski definition) is 1. The van der Waals surface area contributed by atoms with Crippen LogP contribution in [0.15, 0.2) is 36.7 Å². The molecule has 0 spiro atoms. The standard InChI is InChI=1S/C17H20FN3O2/c1-17(2,23)15-5-3-9-20(15)16(22)12-6-7-14(13(18)11-12)21-10-4-8-19-21/h4,6-8,10-11,15,23H,3,5,9H2,1-2H3. The van der Waals surface area contributed by atoms with Gasteiger partial charge in [-0.3, -0.25) is 4.79 Å². The lowest BCUT2D eigenvalue weighted by Crippen LogP contribution is -2.48. The molecule has 1 saturated heterocycles. The SMILES string of the molecule is CC(C)(O)C1CCCN1C(=O)c1ccc(-n2cccn2)c(F)c1. The van der Waals surface area contributed by atoms with Gasteiger partial charge < -0.3 is 10.0 Å². The van der Waals surface area contributed by atoms with E-state index >= 15 is 0 Å². The van der Waals surface area contributed by atoms with Gasteiger partial charge in [-0.1, -0.05) is 0 Å². The number of carbonyl (C=O) groups excluding carboxylic acids is 1. The lowest BCUT2D eigenvalue weighted by atomic mass is 9.96. The minimum atomic E-state index is -0.973. The molecule has 1 unspecified atom stereocenters. The summed E-state index contributed by atoms with van der Waals surface area (Å²) in [5, 5.41) is 14.2. The molecule has 1 aliphatic heterocycles. The van der Waals surface area contributed by atoms with Gasteiger partial charge in [-0.15, -0.1) is 0 Å². The molecular weight excluding hydrogens is 297 g/mol. The van der Waals surface area contributed by atoms with Crippen LogP contribution in [0.1, 0.15) is 37.0 Å². The van der Waals surface area contributed by atoms with Crippen molar-refractivity contribution in [2.45, 2.75) is 38.3 Å². The van der Waals surface area contributed by atoms with Crippen molar-refractivity contribution in [1.82, 2.24) is 14.7 Å². The predicted molar refractivity (Wildman–Crippen MR) is 83.9 cm³/mol. The molecule has 5 nitrogen and oxygen atoms in total. The third-order valence-electron chi connectivity index (χ3n) is 4.27. The highest BCUT2D eigenvalue weighted by atomic mass is 19.1. The highest BCUT2D eigenvalue weighted by Crippen LogP contribution is 2.28. The molecule has 1 amide bonds. The van der Waals surface area contributed by atoms with Crippen LogP contribution in [0, 0.1) is 5.82 Å². The summed E-state index contributed by atoms with van der Waals surface area (Å²) in [7, 11) is 0. The molecule has 1 aromatic heterocycles. The Bertz CT molecular complexity index is 707. The van der Waals surface area contributed by atoms with E-state index in [1.165, 1.54) is 10.7 Å². The number of carbonyl (C=O) groups is 1. The molecule has 0 saturated carbocycles. The van der Waals surface area contributed by atoms with E-state index in [1.54, 1.807) is 49.3 Å². The second kappa shape index (κ2) is 5.77. The second-order valence-corrected chi connectivity index (χ2v) is 6.43. The smallest absolute Gasteiger partial charge is 0.254 e. The van der Waals surface area contributed by atoms with Crippen LogP contribution in [-0.2, 0) is 0 Å². The van der Waals surface area contributed by atoms with Crippen molar-refractivity contribution >= 4 is 5.91 Å². The van der Waals surface area contributed by atoms with E-state index in [1.807, 2.05) is 0 Å². The first-order valence-electron chi connectivity index (χ1n) is 7.71. The highest BCUT2D eigenvalue weighted by molar-refractivity contribution is 5.95. The first-order valence-corrected chi connectivity index (χ1v) is 7.71. The van der Waals surface area contributed by atoms with E-state index in [9.17, 15) is 14.3 Å². The number of aromatic nitrogens is 2. The molecule has 0 bridgehead atoms. The van der Waals surface area contributed by atoms with Gasteiger partial charge in [0.15, 0.2) is 0 Å². The molecule has 3 rings (SSSR count). The van der Waals surface area contributed by atoms with Crippen LogP contribution in [0.3, 0.4) is 0 Å². The zero-order valence-electron chi connectivity index (χ0n) is 13.2. The molecule has 1 N–H and O–H groups in total. The molecule has 1 atom stereocenters. The number of hydrogen-bond acceptors (Lipinski definition) is 3.